The van der Waals surface area contributed by atoms with E-state index >= 15 is 0 Å². The van der Waals surface area contributed by atoms with E-state index in [1.165, 1.54) is 18.2 Å². The van der Waals surface area contributed by atoms with E-state index in [2.05, 4.69) is 15.0 Å². The number of carbonyl (C=O) groups excluding carboxylic acids is 1. The lowest BCUT2D eigenvalue weighted by molar-refractivity contribution is -0.139. The van der Waals surface area contributed by atoms with Crippen LogP contribution in [0.4, 0.5) is 13.2 Å². The number of ketones is 1. The highest BCUT2D eigenvalue weighted by Crippen LogP contribution is 2.38. The average Bonchev–Trinajstić information content (AvgIpc) is 3.19. The van der Waals surface area contributed by atoms with E-state index in [4.69, 9.17) is 0 Å². The van der Waals surface area contributed by atoms with Crippen molar-refractivity contribution < 1.29 is 23.1 Å². The number of halogens is 3. The molecule has 2 N–H and O–H groups in total. The molecule has 6 nitrogen and oxygen atoms in total. The predicted octanol–water partition coefficient (Wildman–Crippen LogP) is 4.26. The number of hydrogen-bond donors (Lipinski definition) is 2. The summed E-state index contributed by atoms with van der Waals surface area (Å²) in [5, 5.41) is 15.0. The second kappa shape index (κ2) is 7.33. The molecule has 0 amide bonds. The van der Waals surface area contributed by atoms with Crippen molar-refractivity contribution in [1.82, 2.24) is 20.1 Å². The van der Waals surface area contributed by atoms with E-state index in [1.807, 2.05) is 5.10 Å². The lowest BCUT2D eigenvalue weighted by Gasteiger charge is -2.44. The van der Waals surface area contributed by atoms with Gasteiger partial charge in [0.1, 0.15) is 11.4 Å². The number of aromatic nitrogens is 3. The van der Waals surface area contributed by atoms with Gasteiger partial charge in [-0.2, -0.15) is 18.3 Å². The van der Waals surface area contributed by atoms with Gasteiger partial charge in [-0.1, -0.05) is 0 Å². The maximum absolute atomic E-state index is 13.6. The summed E-state index contributed by atoms with van der Waals surface area (Å²) >= 11 is 0. The summed E-state index contributed by atoms with van der Waals surface area (Å²) in [5.41, 5.74) is -0.289. The van der Waals surface area contributed by atoms with Crippen LogP contribution in [-0.2, 0) is 6.18 Å². The van der Waals surface area contributed by atoms with Gasteiger partial charge in [0.2, 0.25) is 0 Å². The van der Waals surface area contributed by atoms with Crippen LogP contribution in [0.5, 0.6) is 5.75 Å². The molecule has 162 valence electrons. The van der Waals surface area contributed by atoms with E-state index in [9.17, 15) is 23.1 Å². The maximum Gasteiger partial charge on any atom is 0.433 e. The number of H-pyrrole nitrogens is 1. The standard InChI is InChI=1S/C22H21F3N4O2/c23-22(24,25)20-19-16(18(31)9-14-11-29-7-5-12(14)6-8-29)10-17(26-21(19)28-27-20)13-1-3-15(30)4-2-13/h1-4,10,12,14,30H,5-9,11H2,(H,26,27,28)/t14-/m0/s1. The molecule has 3 fully saturated rings. The van der Waals surface area contributed by atoms with E-state index in [0.717, 1.165) is 32.5 Å². The Kier molecular flexibility index (Phi) is 4.73. The number of rotatable bonds is 4. The molecule has 3 aliphatic heterocycles. The average molecular weight is 430 g/mol. The molecule has 3 saturated heterocycles. The number of benzene rings is 1. The number of fused-ring (bicyclic) bond motifs is 4. The first kappa shape index (κ1) is 20.0. The van der Waals surface area contributed by atoms with Crippen LogP contribution >= 0.6 is 0 Å². The molecule has 2 bridgehead atoms. The Morgan fingerprint density at radius 3 is 2.52 bits per heavy atom. The van der Waals surface area contributed by atoms with Gasteiger partial charge in [-0.25, -0.2) is 4.98 Å². The van der Waals surface area contributed by atoms with E-state index in [-0.39, 0.29) is 40.5 Å². The molecule has 0 unspecified atom stereocenters. The molecule has 3 aromatic rings. The van der Waals surface area contributed by atoms with Crippen LogP contribution in [0.3, 0.4) is 0 Å². The summed E-state index contributed by atoms with van der Waals surface area (Å²) in [4.78, 5) is 19.9. The van der Waals surface area contributed by atoms with Crippen LogP contribution in [0.1, 0.15) is 35.3 Å². The first-order valence-electron chi connectivity index (χ1n) is 10.3. The number of aromatic amines is 1. The number of Topliss-reactive ketones (excluding diaryl/α,β-unsaturated/α-hetero) is 1. The molecular formula is C22H21F3N4O2. The highest BCUT2D eigenvalue weighted by Gasteiger charge is 2.39. The lowest BCUT2D eigenvalue weighted by atomic mass is 9.76. The van der Waals surface area contributed by atoms with Gasteiger partial charge in [0, 0.05) is 24.1 Å². The highest BCUT2D eigenvalue weighted by atomic mass is 19.4. The Morgan fingerprint density at radius 1 is 1.19 bits per heavy atom. The third-order valence-corrected chi connectivity index (χ3v) is 6.51. The van der Waals surface area contributed by atoms with Crippen LogP contribution in [0.2, 0.25) is 0 Å². The monoisotopic (exact) mass is 430 g/mol. The van der Waals surface area contributed by atoms with E-state index < -0.39 is 11.9 Å². The SMILES string of the molecule is O=C(C[C@H]1CN2CCC1CC2)c1cc(-c2ccc(O)cc2)nc2n[nH]c(C(F)(F)F)c12. The molecule has 9 heteroatoms. The summed E-state index contributed by atoms with van der Waals surface area (Å²) in [7, 11) is 0. The number of nitrogens with one attached hydrogen (secondary N) is 1. The topological polar surface area (TPSA) is 82.1 Å². The summed E-state index contributed by atoms with van der Waals surface area (Å²) in [6.45, 7) is 2.87. The molecule has 0 saturated carbocycles. The van der Waals surface area contributed by atoms with Gasteiger partial charge in [-0.05, 0) is 68.1 Å². The number of phenols is 1. The normalized spacial score (nSPS) is 23.4. The van der Waals surface area contributed by atoms with Crippen molar-refractivity contribution >= 4 is 16.8 Å². The number of carbonyl (C=O) groups is 1. The molecule has 31 heavy (non-hydrogen) atoms. The smallest absolute Gasteiger partial charge is 0.433 e. The number of phenolic OH excluding ortho intramolecular Hbond substituents is 1. The zero-order valence-electron chi connectivity index (χ0n) is 16.6. The van der Waals surface area contributed by atoms with Gasteiger partial charge in [-0.15, -0.1) is 0 Å². The van der Waals surface area contributed by atoms with E-state index in [1.54, 1.807) is 12.1 Å². The number of pyridine rings is 1. The highest BCUT2D eigenvalue weighted by molar-refractivity contribution is 6.08. The van der Waals surface area contributed by atoms with Crippen LogP contribution in [0, 0.1) is 11.8 Å². The second-order valence-electron chi connectivity index (χ2n) is 8.42. The molecule has 5 heterocycles. The van der Waals surface area contributed by atoms with Gasteiger partial charge in [-0.3, -0.25) is 9.89 Å². The van der Waals surface area contributed by atoms with Crippen molar-refractivity contribution in [2.75, 3.05) is 19.6 Å². The predicted molar refractivity (Wildman–Crippen MR) is 108 cm³/mol. The van der Waals surface area contributed by atoms with Crippen molar-refractivity contribution in [2.45, 2.75) is 25.4 Å². The lowest BCUT2D eigenvalue weighted by Crippen LogP contribution is -2.47. The Labute approximate surface area is 176 Å². The summed E-state index contributed by atoms with van der Waals surface area (Å²) in [5.74, 6) is 0.326. The fourth-order valence-electron chi connectivity index (χ4n) is 4.90. The molecule has 3 aliphatic rings. The number of nitrogens with zero attached hydrogens (tertiary/aromatic N) is 3. The zero-order valence-corrected chi connectivity index (χ0v) is 16.6. The van der Waals surface area contributed by atoms with Crippen LogP contribution in [0.15, 0.2) is 30.3 Å². The number of alkyl halides is 3. The summed E-state index contributed by atoms with van der Waals surface area (Å²) < 4.78 is 40.8. The van der Waals surface area contributed by atoms with Gasteiger partial charge >= 0.3 is 6.18 Å². The molecule has 0 spiro atoms. The number of hydrogen-bond acceptors (Lipinski definition) is 5. The third kappa shape index (κ3) is 3.67. The quantitative estimate of drug-likeness (QED) is 0.605. The maximum atomic E-state index is 13.6. The minimum absolute atomic E-state index is 0.00871. The van der Waals surface area contributed by atoms with Crippen molar-refractivity contribution in [3.63, 3.8) is 0 Å². The minimum Gasteiger partial charge on any atom is -0.508 e. The fraction of sp³-hybridized carbons (Fsp3) is 0.409. The van der Waals surface area contributed by atoms with Crippen LogP contribution in [-0.4, -0.2) is 50.6 Å². The molecule has 1 aromatic carbocycles. The number of piperidine rings is 3. The van der Waals surface area contributed by atoms with Gasteiger partial charge < -0.3 is 10.0 Å². The first-order valence-corrected chi connectivity index (χ1v) is 10.3. The Bertz CT molecular complexity index is 1130. The summed E-state index contributed by atoms with van der Waals surface area (Å²) in [6, 6.07) is 7.54. The molecule has 2 aromatic heterocycles. The molecule has 0 aliphatic carbocycles. The van der Waals surface area contributed by atoms with Crippen molar-refractivity contribution in [1.29, 1.82) is 0 Å². The van der Waals surface area contributed by atoms with Gasteiger partial charge in [0.25, 0.3) is 0 Å². The fourth-order valence-corrected chi connectivity index (χ4v) is 4.90. The molecule has 0 radical (unpaired) electrons. The van der Waals surface area contributed by atoms with E-state index in [0.29, 0.717) is 17.2 Å². The summed E-state index contributed by atoms with van der Waals surface area (Å²) in [6.07, 6.45) is -2.41. The van der Waals surface area contributed by atoms with Gasteiger partial charge in [0.05, 0.1) is 11.1 Å². The number of aromatic hydroxyl groups is 1. The Hall–Kier alpha value is -2.94. The molecule has 1 atom stereocenters. The van der Waals surface area contributed by atoms with Crippen molar-refractivity contribution in [3.05, 3.63) is 41.6 Å². The molecule has 6 rings (SSSR count). The second-order valence-corrected chi connectivity index (χ2v) is 8.42. The largest absolute Gasteiger partial charge is 0.508 e. The van der Waals surface area contributed by atoms with Crippen LogP contribution < -0.4 is 0 Å². The third-order valence-electron chi connectivity index (χ3n) is 6.51. The van der Waals surface area contributed by atoms with Crippen LogP contribution in [0.25, 0.3) is 22.3 Å². The Balaban J connectivity index is 1.58. The first-order chi connectivity index (χ1) is 14.8. The Morgan fingerprint density at radius 2 is 1.90 bits per heavy atom. The van der Waals surface area contributed by atoms with Crippen molar-refractivity contribution in [2.24, 2.45) is 11.8 Å². The zero-order chi connectivity index (χ0) is 21.8. The van der Waals surface area contributed by atoms with Gasteiger partial charge in [0.15, 0.2) is 11.4 Å². The minimum atomic E-state index is -4.68. The van der Waals surface area contributed by atoms with Crippen molar-refractivity contribution in [3.8, 4) is 17.0 Å². The molecular weight excluding hydrogens is 409 g/mol.